The highest BCUT2D eigenvalue weighted by Gasteiger charge is 2.30. The Hall–Kier alpha value is -2.94. The number of hydrogen-bond donors (Lipinski definition) is 0. The molecule has 0 amide bonds. The molecule has 0 spiro atoms. The van der Waals surface area contributed by atoms with Crippen LogP contribution in [0.2, 0.25) is 0 Å². The maximum atomic E-state index is 12.8. The summed E-state index contributed by atoms with van der Waals surface area (Å²) in [6.45, 7) is 2.40. The van der Waals surface area contributed by atoms with E-state index < -0.39 is 0 Å². The number of ether oxygens (including phenoxy) is 1. The lowest BCUT2D eigenvalue weighted by Gasteiger charge is -2.19. The van der Waals surface area contributed by atoms with Crippen molar-refractivity contribution >= 4 is 22.3 Å². The Balaban J connectivity index is 1.94. The molecule has 0 bridgehead atoms. The van der Waals surface area contributed by atoms with Gasteiger partial charge in [0.2, 0.25) is 0 Å². The fourth-order valence-corrected chi connectivity index (χ4v) is 3.07. The minimum absolute atomic E-state index is 0.108. The molecule has 0 aromatic heterocycles. The molecule has 0 fully saturated rings. The van der Waals surface area contributed by atoms with E-state index >= 15 is 0 Å². The first-order valence-electron chi connectivity index (χ1n) is 7.58. The first-order valence-corrected chi connectivity index (χ1v) is 7.58. The number of carbonyl (C=O) groups is 2. The van der Waals surface area contributed by atoms with Crippen molar-refractivity contribution in [2.75, 3.05) is 6.61 Å². The molecular weight excluding hydrogens is 288 g/mol. The third-order valence-electron chi connectivity index (χ3n) is 4.17. The van der Waals surface area contributed by atoms with Gasteiger partial charge in [0.25, 0.3) is 0 Å². The molecule has 1 aliphatic carbocycles. The van der Waals surface area contributed by atoms with E-state index in [1.807, 2.05) is 37.3 Å². The molecule has 3 aromatic rings. The van der Waals surface area contributed by atoms with Crippen molar-refractivity contribution in [3.8, 4) is 5.75 Å². The number of rotatable bonds is 2. The lowest BCUT2D eigenvalue weighted by Crippen LogP contribution is -2.21. The van der Waals surface area contributed by atoms with Gasteiger partial charge >= 0.3 is 0 Å². The van der Waals surface area contributed by atoms with Crippen LogP contribution in [0.1, 0.15) is 38.8 Å². The van der Waals surface area contributed by atoms with Gasteiger partial charge in [0.15, 0.2) is 11.6 Å². The molecule has 112 valence electrons. The number of hydrogen-bond acceptors (Lipinski definition) is 3. The molecule has 0 aliphatic heterocycles. The van der Waals surface area contributed by atoms with E-state index in [4.69, 9.17) is 4.74 Å². The molecule has 0 atom stereocenters. The molecule has 0 saturated carbocycles. The van der Waals surface area contributed by atoms with Crippen molar-refractivity contribution in [3.63, 3.8) is 0 Å². The van der Waals surface area contributed by atoms with E-state index in [9.17, 15) is 9.59 Å². The first kappa shape index (κ1) is 13.7. The molecule has 1 aliphatic rings. The summed E-state index contributed by atoms with van der Waals surface area (Å²) in [5.74, 6) is 0.377. The lowest BCUT2D eigenvalue weighted by molar-refractivity contribution is 0.0979. The van der Waals surface area contributed by atoms with Gasteiger partial charge in [0.05, 0.1) is 6.61 Å². The minimum Gasteiger partial charge on any atom is -0.494 e. The second kappa shape index (κ2) is 5.06. The quantitative estimate of drug-likeness (QED) is 0.562. The smallest absolute Gasteiger partial charge is 0.194 e. The van der Waals surface area contributed by atoms with Crippen LogP contribution in [0, 0.1) is 0 Å². The molecule has 0 heterocycles. The predicted octanol–water partition coefficient (Wildman–Crippen LogP) is 4.01. The summed E-state index contributed by atoms with van der Waals surface area (Å²) in [5, 5.41) is 1.92. The van der Waals surface area contributed by atoms with Gasteiger partial charge in [0.1, 0.15) is 5.75 Å². The normalized spacial score (nSPS) is 12.9. The summed E-state index contributed by atoms with van der Waals surface area (Å²) in [7, 11) is 0. The Morgan fingerprint density at radius 3 is 1.91 bits per heavy atom. The standard InChI is InChI=1S/C20H14O3/c1-2-23-14-7-8-15-18(11-14)20(22)17-10-13-6-4-3-5-12(13)9-16(17)19(15)21/h3-11H,2H2,1H3. The molecule has 3 heteroatoms. The van der Waals surface area contributed by atoms with Crippen LogP contribution in [0.5, 0.6) is 5.75 Å². The summed E-state index contributed by atoms with van der Waals surface area (Å²) < 4.78 is 5.45. The fourth-order valence-electron chi connectivity index (χ4n) is 3.07. The van der Waals surface area contributed by atoms with Gasteiger partial charge in [-0.2, -0.15) is 0 Å². The van der Waals surface area contributed by atoms with Gasteiger partial charge in [-0.15, -0.1) is 0 Å². The van der Waals surface area contributed by atoms with Crippen LogP contribution in [0.15, 0.2) is 54.6 Å². The summed E-state index contributed by atoms with van der Waals surface area (Å²) in [4.78, 5) is 25.6. The number of carbonyl (C=O) groups excluding carboxylic acids is 2. The molecule has 3 aromatic carbocycles. The van der Waals surface area contributed by atoms with Crippen LogP contribution in [-0.2, 0) is 0 Å². The van der Waals surface area contributed by atoms with Crippen molar-refractivity contribution in [1.82, 2.24) is 0 Å². The van der Waals surface area contributed by atoms with E-state index in [0.29, 0.717) is 34.6 Å². The van der Waals surface area contributed by atoms with Crippen LogP contribution in [0.25, 0.3) is 10.8 Å². The van der Waals surface area contributed by atoms with Gasteiger partial charge in [-0.25, -0.2) is 0 Å². The second-order valence-corrected chi connectivity index (χ2v) is 5.54. The Morgan fingerprint density at radius 2 is 1.30 bits per heavy atom. The summed E-state index contributed by atoms with van der Waals surface area (Å²) in [5.41, 5.74) is 1.81. The van der Waals surface area contributed by atoms with E-state index in [0.717, 1.165) is 10.8 Å². The topological polar surface area (TPSA) is 43.4 Å². The lowest BCUT2D eigenvalue weighted by atomic mass is 9.82. The maximum Gasteiger partial charge on any atom is 0.194 e. The average Bonchev–Trinajstić information content (AvgIpc) is 2.58. The number of benzene rings is 3. The molecule has 23 heavy (non-hydrogen) atoms. The van der Waals surface area contributed by atoms with Crippen molar-refractivity contribution in [3.05, 3.63) is 76.9 Å². The van der Waals surface area contributed by atoms with Crippen molar-refractivity contribution < 1.29 is 14.3 Å². The molecule has 0 unspecified atom stereocenters. The fraction of sp³-hybridized carbons (Fsp3) is 0.100. The van der Waals surface area contributed by atoms with Crippen LogP contribution < -0.4 is 4.74 Å². The Kier molecular flexibility index (Phi) is 3.01. The number of fused-ring (bicyclic) bond motifs is 3. The highest BCUT2D eigenvalue weighted by Crippen LogP contribution is 2.32. The zero-order valence-corrected chi connectivity index (χ0v) is 12.6. The zero-order chi connectivity index (χ0) is 16.0. The van der Waals surface area contributed by atoms with E-state index in [1.54, 1.807) is 24.3 Å². The van der Waals surface area contributed by atoms with Gasteiger partial charge in [-0.05, 0) is 48.0 Å². The Morgan fingerprint density at radius 1 is 0.739 bits per heavy atom. The zero-order valence-electron chi connectivity index (χ0n) is 12.6. The molecule has 3 nitrogen and oxygen atoms in total. The van der Waals surface area contributed by atoms with Gasteiger partial charge < -0.3 is 4.74 Å². The Bertz CT molecular complexity index is 970. The van der Waals surface area contributed by atoms with Crippen LogP contribution in [0.3, 0.4) is 0 Å². The molecule has 4 rings (SSSR count). The highest BCUT2D eigenvalue weighted by molar-refractivity contribution is 6.29. The summed E-state index contributed by atoms with van der Waals surface area (Å²) in [6, 6.07) is 16.4. The largest absolute Gasteiger partial charge is 0.494 e. The molecule has 0 saturated heterocycles. The highest BCUT2D eigenvalue weighted by atomic mass is 16.5. The van der Waals surface area contributed by atoms with Crippen molar-refractivity contribution in [2.24, 2.45) is 0 Å². The molecule has 0 radical (unpaired) electrons. The second-order valence-electron chi connectivity index (χ2n) is 5.54. The monoisotopic (exact) mass is 302 g/mol. The third-order valence-corrected chi connectivity index (χ3v) is 4.17. The third kappa shape index (κ3) is 2.05. The summed E-state index contributed by atoms with van der Waals surface area (Å²) in [6.07, 6.45) is 0. The van der Waals surface area contributed by atoms with Gasteiger partial charge in [0, 0.05) is 22.3 Å². The minimum atomic E-state index is -0.123. The average molecular weight is 302 g/mol. The van der Waals surface area contributed by atoms with Crippen LogP contribution in [-0.4, -0.2) is 18.2 Å². The van der Waals surface area contributed by atoms with E-state index in [-0.39, 0.29) is 11.6 Å². The first-order chi connectivity index (χ1) is 11.2. The van der Waals surface area contributed by atoms with Crippen molar-refractivity contribution in [2.45, 2.75) is 6.92 Å². The maximum absolute atomic E-state index is 12.8. The van der Waals surface area contributed by atoms with E-state index in [2.05, 4.69) is 0 Å². The molecule has 0 N–H and O–H groups in total. The predicted molar refractivity (Wildman–Crippen MR) is 88.4 cm³/mol. The SMILES string of the molecule is CCOc1ccc2c(c1)C(=O)c1cc3ccccc3cc1C2=O. The van der Waals surface area contributed by atoms with Gasteiger partial charge in [-0.3, -0.25) is 9.59 Å². The summed E-state index contributed by atoms with van der Waals surface area (Å²) >= 11 is 0. The Labute approximate surface area is 133 Å². The van der Waals surface area contributed by atoms with Crippen LogP contribution >= 0.6 is 0 Å². The van der Waals surface area contributed by atoms with Gasteiger partial charge in [-0.1, -0.05) is 24.3 Å². The van der Waals surface area contributed by atoms with E-state index in [1.165, 1.54) is 0 Å². The number of ketones is 2. The molecular formula is C20H14O3. The van der Waals surface area contributed by atoms with Crippen molar-refractivity contribution in [1.29, 1.82) is 0 Å². The van der Waals surface area contributed by atoms with Crippen LogP contribution in [0.4, 0.5) is 0 Å².